The number of ether oxygens (including phenoxy) is 1. The van der Waals surface area contributed by atoms with Gasteiger partial charge in [0.25, 0.3) is 11.8 Å². The molecule has 0 unspecified atom stereocenters. The van der Waals surface area contributed by atoms with Crippen molar-refractivity contribution >= 4 is 28.5 Å². The van der Waals surface area contributed by atoms with Gasteiger partial charge in [0, 0.05) is 42.2 Å². The predicted molar refractivity (Wildman–Crippen MR) is 173 cm³/mol. The topological polar surface area (TPSA) is 106 Å². The molecule has 0 bridgehead atoms. The first-order valence-corrected chi connectivity index (χ1v) is 15.8. The average Bonchev–Trinajstić information content (AvgIpc) is 3.73. The second kappa shape index (κ2) is 11.7. The van der Waals surface area contributed by atoms with Crippen molar-refractivity contribution in [1.82, 2.24) is 34.7 Å². The third-order valence-electron chi connectivity index (χ3n) is 9.03. The number of aromatic nitrogens is 4. The largest absolute Gasteiger partial charge is 0.482 e. The van der Waals surface area contributed by atoms with E-state index >= 15 is 0 Å². The lowest BCUT2D eigenvalue weighted by molar-refractivity contribution is 0.0547. The fraction of sp³-hybridized carbons (Fsp3) is 0.371. The number of methoxy groups -OCH3 is 1. The first-order chi connectivity index (χ1) is 21.8. The maximum absolute atomic E-state index is 13.5. The number of fused-ring (bicyclic) bond motifs is 2. The summed E-state index contributed by atoms with van der Waals surface area (Å²) in [6, 6.07) is 18.8. The molecule has 2 atom stereocenters. The Morgan fingerprint density at radius 2 is 1.84 bits per heavy atom. The molecule has 2 amide bonds. The number of nitrogens with one attached hydrogen (secondary N) is 2. The standard InChI is InChI=1S/C35H39N7O3/c1-21-14-15-36-41(19-21)35(44)27-17-30-39-32(23(3)42(30)31(18-27)45-4)29-16-26-12-13-28(38-33(26)40(29)20-24-10-11-24)22(2)37-34(43)25-8-6-5-7-9-25/h5-9,12-13,16-18,21-22,24,36H,10-11,14-15,19-20H2,1-4H3,(H,37,43)/t21-,22-/m1/s1. The molecule has 4 aromatic heterocycles. The van der Waals surface area contributed by atoms with Crippen LogP contribution in [0.25, 0.3) is 28.1 Å². The van der Waals surface area contributed by atoms with Crippen LogP contribution in [0.5, 0.6) is 5.88 Å². The normalized spacial score (nSPS) is 17.5. The molecule has 5 aromatic rings. The molecule has 10 nitrogen and oxygen atoms in total. The Morgan fingerprint density at radius 3 is 2.58 bits per heavy atom. The number of aryl methyl sites for hydroxylation is 1. The second-order valence-electron chi connectivity index (χ2n) is 12.5. The van der Waals surface area contributed by atoms with Crippen LogP contribution < -0.4 is 15.5 Å². The van der Waals surface area contributed by atoms with Gasteiger partial charge in [-0.3, -0.25) is 19.0 Å². The Bertz CT molecular complexity index is 1910. The Hall–Kier alpha value is -4.70. The number of pyridine rings is 2. The van der Waals surface area contributed by atoms with E-state index in [-0.39, 0.29) is 17.9 Å². The predicted octanol–water partition coefficient (Wildman–Crippen LogP) is 5.56. The summed E-state index contributed by atoms with van der Waals surface area (Å²) in [5.74, 6) is 1.38. The van der Waals surface area contributed by atoms with E-state index in [1.807, 2.05) is 60.7 Å². The molecule has 2 fully saturated rings. The molecular weight excluding hydrogens is 566 g/mol. The molecule has 1 aliphatic carbocycles. The van der Waals surface area contributed by atoms with Gasteiger partial charge in [-0.05, 0) is 81.3 Å². The molecule has 1 saturated carbocycles. The van der Waals surface area contributed by atoms with E-state index < -0.39 is 0 Å². The van der Waals surface area contributed by atoms with Gasteiger partial charge in [-0.15, -0.1) is 0 Å². The number of nitrogens with zero attached hydrogens (tertiary/aromatic N) is 5. The SMILES string of the molecule is COc1cc(C(=O)N2C[C@H](C)CCN2)cc2nc(-c3cc4ccc([C@@H](C)NC(=O)c5ccccc5)nc4n3CC3CC3)c(C)n12. The summed E-state index contributed by atoms with van der Waals surface area (Å²) in [4.78, 5) is 36.5. The molecule has 10 heteroatoms. The monoisotopic (exact) mass is 605 g/mol. The van der Waals surface area contributed by atoms with Gasteiger partial charge in [0.05, 0.1) is 30.2 Å². The van der Waals surface area contributed by atoms with E-state index in [0.717, 1.165) is 53.3 Å². The van der Waals surface area contributed by atoms with Gasteiger partial charge in [-0.2, -0.15) is 0 Å². The maximum atomic E-state index is 13.5. The molecule has 1 aliphatic heterocycles. The van der Waals surface area contributed by atoms with Gasteiger partial charge in [0.15, 0.2) is 5.88 Å². The first kappa shape index (κ1) is 29.0. The highest BCUT2D eigenvalue weighted by Gasteiger charge is 2.28. The van der Waals surface area contributed by atoms with Crippen LogP contribution >= 0.6 is 0 Å². The Kier molecular flexibility index (Phi) is 7.53. The van der Waals surface area contributed by atoms with E-state index in [1.165, 1.54) is 12.8 Å². The highest BCUT2D eigenvalue weighted by atomic mass is 16.5. The van der Waals surface area contributed by atoms with Crippen LogP contribution in [-0.4, -0.2) is 56.0 Å². The lowest BCUT2D eigenvalue weighted by Crippen LogP contribution is -2.49. The molecule has 2 aliphatic rings. The summed E-state index contributed by atoms with van der Waals surface area (Å²) >= 11 is 0. The number of hydrogen-bond acceptors (Lipinski definition) is 6. The quantitative estimate of drug-likeness (QED) is 0.240. The Morgan fingerprint density at radius 1 is 1.04 bits per heavy atom. The van der Waals surface area contributed by atoms with Gasteiger partial charge in [0.1, 0.15) is 17.0 Å². The molecule has 7 rings (SSSR count). The van der Waals surface area contributed by atoms with Gasteiger partial charge < -0.3 is 14.6 Å². The summed E-state index contributed by atoms with van der Waals surface area (Å²) in [6.45, 7) is 8.43. The number of hydrogen-bond donors (Lipinski definition) is 2. The van der Waals surface area contributed by atoms with Gasteiger partial charge >= 0.3 is 0 Å². The minimum absolute atomic E-state index is 0.0856. The summed E-state index contributed by atoms with van der Waals surface area (Å²) < 4.78 is 10.0. The van der Waals surface area contributed by atoms with Crippen LogP contribution in [0.1, 0.15) is 71.3 Å². The van der Waals surface area contributed by atoms with Crippen molar-refractivity contribution in [1.29, 1.82) is 0 Å². The van der Waals surface area contributed by atoms with Crippen molar-refractivity contribution in [2.24, 2.45) is 11.8 Å². The fourth-order valence-corrected chi connectivity index (χ4v) is 6.28. The third-order valence-corrected chi connectivity index (χ3v) is 9.03. The minimum Gasteiger partial charge on any atom is -0.482 e. The smallest absolute Gasteiger partial charge is 0.268 e. The number of rotatable bonds is 8. The van der Waals surface area contributed by atoms with Crippen LogP contribution in [-0.2, 0) is 6.54 Å². The lowest BCUT2D eigenvalue weighted by atomic mass is 10.1. The van der Waals surface area contributed by atoms with Gasteiger partial charge in [-0.1, -0.05) is 25.1 Å². The fourth-order valence-electron chi connectivity index (χ4n) is 6.28. The van der Waals surface area contributed by atoms with Gasteiger partial charge in [-0.25, -0.2) is 15.4 Å². The van der Waals surface area contributed by atoms with Crippen LogP contribution in [0, 0.1) is 18.8 Å². The van der Waals surface area contributed by atoms with E-state index in [9.17, 15) is 9.59 Å². The summed E-state index contributed by atoms with van der Waals surface area (Å²) in [5, 5.41) is 5.81. The summed E-state index contributed by atoms with van der Waals surface area (Å²) in [5.41, 5.74) is 9.45. The number of hydrazine groups is 1. The molecule has 0 radical (unpaired) electrons. The zero-order chi connectivity index (χ0) is 31.2. The van der Waals surface area contributed by atoms with E-state index in [0.29, 0.717) is 41.0 Å². The lowest BCUT2D eigenvalue weighted by Gasteiger charge is -2.31. The number of amides is 2. The molecule has 232 valence electrons. The van der Waals surface area contributed by atoms with Crippen molar-refractivity contribution < 1.29 is 14.3 Å². The van der Waals surface area contributed by atoms with Crippen LogP contribution in [0.4, 0.5) is 0 Å². The van der Waals surface area contributed by atoms with Crippen molar-refractivity contribution in [3.05, 3.63) is 83.2 Å². The van der Waals surface area contributed by atoms with E-state index in [2.05, 4.69) is 34.4 Å². The van der Waals surface area contributed by atoms with Crippen molar-refractivity contribution in [2.75, 3.05) is 20.2 Å². The number of imidazole rings is 1. The molecule has 2 N–H and O–H groups in total. The number of benzene rings is 1. The van der Waals surface area contributed by atoms with E-state index in [1.54, 1.807) is 18.2 Å². The van der Waals surface area contributed by atoms with Crippen LogP contribution in [0.15, 0.2) is 60.7 Å². The van der Waals surface area contributed by atoms with Crippen LogP contribution in [0.3, 0.4) is 0 Å². The number of carbonyl (C=O) groups is 2. The first-order valence-electron chi connectivity index (χ1n) is 15.8. The molecule has 45 heavy (non-hydrogen) atoms. The number of carbonyl (C=O) groups excluding carboxylic acids is 2. The van der Waals surface area contributed by atoms with Crippen molar-refractivity contribution in [2.45, 2.75) is 52.6 Å². The van der Waals surface area contributed by atoms with Crippen LogP contribution in [0.2, 0.25) is 0 Å². The molecular formula is C35H39N7O3. The maximum Gasteiger partial charge on any atom is 0.268 e. The molecule has 1 aromatic carbocycles. The minimum atomic E-state index is -0.274. The summed E-state index contributed by atoms with van der Waals surface area (Å²) in [7, 11) is 1.62. The Labute approximate surface area is 262 Å². The Balaban J connectivity index is 1.27. The van der Waals surface area contributed by atoms with Crippen molar-refractivity contribution in [3.8, 4) is 17.3 Å². The summed E-state index contributed by atoms with van der Waals surface area (Å²) in [6.07, 6.45) is 3.42. The van der Waals surface area contributed by atoms with E-state index in [4.69, 9.17) is 14.7 Å². The second-order valence-corrected chi connectivity index (χ2v) is 12.5. The highest BCUT2D eigenvalue weighted by molar-refractivity contribution is 5.96. The zero-order valence-electron chi connectivity index (χ0n) is 26.2. The molecule has 5 heterocycles. The average molecular weight is 606 g/mol. The third kappa shape index (κ3) is 5.55. The van der Waals surface area contributed by atoms with Gasteiger partial charge in [0.2, 0.25) is 0 Å². The zero-order valence-corrected chi connectivity index (χ0v) is 26.2. The highest BCUT2D eigenvalue weighted by Crippen LogP contribution is 2.37. The molecule has 1 saturated heterocycles. The van der Waals surface area contributed by atoms with Crippen molar-refractivity contribution in [3.63, 3.8) is 0 Å². The molecule has 0 spiro atoms.